The molecule has 4 N–H and O–H groups in total. The van der Waals surface area contributed by atoms with Crippen molar-refractivity contribution in [2.24, 2.45) is 16.8 Å². The Morgan fingerprint density at radius 1 is 1.61 bits per heavy atom. The minimum Gasteiger partial charge on any atom is -0.409 e. The fourth-order valence-electron chi connectivity index (χ4n) is 2.21. The number of aliphatic hydroxyl groups excluding tert-OH is 1. The standard InChI is InChI=1S/C12H18N4O2/c1-8-4-10(12(13)15-18)5-11(14-8)16-3-2-9(6-16)7-17/h4-5,9,17-18H,2-3,6-7H2,1H3,(H2,13,15). The van der Waals surface area contributed by atoms with E-state index in [-0.39, 0.29) is 12.4 Å². The SMILES string of the molecule is Cc1cc(/C(N)=N/O)cc(N2CCC(CO)C2)n1. The molecule has 6 nitrogen and oxygen atoms in total. The number of aryl methyl sites for hydroxylation is 1. The van der Waals surface area contributed by atoms with Gasteiger partial charge in [-0.25, -0.2) is 4.98 Å². The Hall–Kier alpha value is -1.82. The quantitative estimate of drug-likeness (QED) is 0.310. The summed E-state index contributed by atoms with van der Waals surface area (Å²) in [5, 5.41) is 20.9. The van der Waals surface area contributed by atoms with Crippen molar-refractivity contribution in [2.75, 3.05) is 24.6 Å². The van der Waals surface area contributed by atoms with E-state index in [1.807, 2.05) is 13.0 Å². The predicted octanol–water partition coefficient (Wildman–Crippen LogP) is 0.303. The highest BCUT2D eigenvalue weighted by molar-refractivity contribution is 5.97. The first-order valence-electron chi connectivity index (χ1n) is 5.96. The van der Waals surface area contributed by atoms with E-state index in [1.165, 1.54) is 0 Å². The van der Waals surface area contributed by atoms with Gasteiger partial charge in [-0.15, -0.1) is 0 Å². The summed E-state index contributed by atoms with van der Waals surface area (Å²) in [6, 6.07) is 3.58. The summed E-state index contributed by atoms with van der Waals surface area (Å²) in [5.41, 5.74) is 7.08. The van der Waals surface area contributed by atoms with Crippen LogP contribution in [0.3, 0.4) is 0 Å². The number of aromatic nitrogens is 1. The van der Waals surface area contributed by atoms with Gasteiger partial charge in [-0.2, -0.15) is 0 Å². The molecule has 1 saturated heterocycles. The molecule has 18 heavy (non-hydrogen) atoms. The molecule has 2 heterocycles. The summed E-state index contributed by atoms with van der Waals surface area (Å²) in [7, 11) is 0. The van der Waals surface area contributed by atoms with Gasteiger partial charge in [-0.1, -0.05) is 5.16 Å². The van der Waals surface area contributed by atoms with Gasteiger partial charge in [0, 0.05) is 36.9 Å². The largest absolute Gasteiger partial charge is 0.409 e. The number of nitrogens with two attached hydrogens (primary N) is 1. The molecule has 1 aliphatic heterocycles. The van der Waals surface area contributed by atoms with E-state index in [2.05, 4.69) is 15.0 Å². The normalized spacial score (nSPS) is 20.4. The first-order chi connectivity index (χ1) is 8.63. The third-order valence-electron chi connectivity index (χ3n) is 3.21. The van der Waals surface area contributed by atoms with E-state index in [4.69, 9.17) is 16.0 Å². The molecular formula is C12H18N4O2. The molecule has 0 spiro atoms. The molecule has 1 aliphatic rings. The zero-order valence-electron chi connectivity index (χ0n) is 10.4. The average molecular weight is 250 g/mol. The van der Waals surface area contributed by atoms with Crippen LogP contribution < -0.4 is 10.6 Å². The molecule has 0 saturated carbocycles. The number of hydrogen-bond donors (Lipinski definition) is 3. The zero-order valence-corrected chi connectivity index (χ0v) is 10.4. The second-order valence-electron chi connectivity index (χ2n) is 4.62. The van der Waals surface area contributed by atoms with Gasteiger partial charge < -0.3 is 20.9 Å². The Morgan fingerprint density at radius 3 is 3.00 bits per heavy atom. The summed E-state index contributed by atoms with van der Waals surface area (Å²) in [4.78, 5) is 6.57. The minimum absolute atomic E-state index is 0.0830. The summed E-state index contributed by atoms with van der Waals surface area (Å²) < 4.78 is 0. The number of anilines is 1. The van der Waals surface area contributed by atoms with Crippen LogP contribution in [0.5, 0.6) is 0 Å². The number of hydrogen-bond acceptors (Lipinski definition) is 5. The summed E-state index contributed by atoms with van der Waals surface area (Å²) in [5.74, 6) is 1.20. The lowest BCUT2D eigenvalue weighted by Gasteiger charge is -2.18. The first kappa shape index (κ1) is 12.6. The van der Waals surface area contributed by atoms with Crippen LogP contribution in [-0.4, -0.2) is 40.8 Å². The van der Waals surface area contributed by atoms with E-state index >= 15 is 0 Å². The molecule has 0 bridgehead atoms. The Morgan fingerprint density at radius 2 is 2.39 bits per heavy atom. The van der Waals surface area contributed by atoms with Crippen LogP contribution in [-0.2, 0) is 0 Å². The van der Waals surface area contributed by atoms with Crippen molar-refractivity contribution in [3.8, 4) is 0 Å². The molecule has 98 valence electrons. The molecule has 1 unspecified atom stereocenters. The van der Waals surface area contributed by atoms with E-state index in [9.17, 15) is 0 Å². The second kappa shape index (κ2) is 5.22. The molecule has 1 atom stereocenters. The highest BCUT2D eigenvalue weighted by Gasteiger charge is 2.23. The maximum atomic E-state index is 9.15. The lowest BCUT2D eigenvalue weighted by Crippen LogP contribution is -2.23. The van der Waals surface area contributed by atoms with E-state index in [0.29, 0.717) is 11.5 Å². The molecule has 0 aromatic carbocycles. The van der Waals surface area contributed by atoms with Crippen molar-refractivity contribution in [1.82, 2.24) is 4.98 Å². The number of rotatable bonds is 3. The summed E-state index contributed by atoms with van der Waals surface area (Å²) >= 11 is 0. The smallest absolute Gasteiger partial charge is 0.170 e. The van der Waals surface area contributed by atoms with Gasteiger partial charge in [0.1, 0.15) is 5.82 Å². The molecule has 1 aromatic heterocycles. The van der Waals surface area contributed by atoms with Crippen molar-refractivity contribution >= 4 is 11.7 Å². The topological polar surface area (TPSA) is 95.0 Å². The number of amidine groups is 1. The lowest BCUT2D eigenvalue weighted by atomic mass is 10.1. The van der Waals surface area contributed by atoms with Crippen LogP contribution in [0.2, 0.25) is 0 Å². The monoisotopic (exact) mass is 250 g/mol. The fraction of sp³-hybridized carbons (Fsp3) is 0.500. The van der Waals surface area contributed by atoms with Crippen molar-refractivity contribution in [3.63, 3.8) is 0 Å². The van der Waals surface area contributed by atoms with Gasteiger partial charge >= 0.3 is 0 Å². The molecule has 0 radical (unpaired) electrons. The van der Waals surface area contributed by atoms with Crippen LogP contribution >= 0.6 is 0 Å². The molecular weight excluding hydrogens is 232 g/mol. The molecule has 2 rings (SSSR count). The van der Waals surface area contributed by atoms with Crippen molar-refractivity contribution in [3.05, 3.63) is 23.4 Å². The number of pyridine rings is 1. The van der Waals surface area contributed by atoms with E-state index in [0.717, 1.165) is 31.0 Å². The Balaban J connectivity index is 2.26. The minimum atomic E-state index is 0.0830. The van der Waals surface area contributed by atoms with Crippen LogP contribution in [0.1, 0.15) is 17.7 Å². The van der Waals surface area contributed by atoms with Gasteiger partial charge in [-0.3, -0.25) is 0 Å². The number of nitrogens with zero attached hydrogens (tertiary/aromatic N) is 3. The molecule has 0 amide bonds. The number of oxime groups is 1. The molecule has 1 aromatic rings. The highest BCUT2D eigenvalue weighted by Crippen LogP contribution is 2.23. The van der Waals surface area contributed by atoms with Gasteiger partial charge in [0.25, 0.3) is 0 Å². The lowest BCUT2D eigenvalue weighted by molar-refractivity contribution is 0.238. The summed E-state index contributed by atoms with van der Waals surface area (Å²) in [6.45, 7) is 3.74. The predicted molar refractivity (Wildman–Crippen MR) is 68.9 cm³/mol. The van der Waals surface area contributed by atoms with Crippen LogP contribution in [0.25, 0.3) is 0 Å². The maximum absolute atomic E-state index is 9.15. The van der Waals surface area contributed by atoms with Crippen LogP contribution in [0.15, 0.2) is 17.3 Å². The Bertz CT molecular complexity index is 461. The van der Waals surface area contributed by atoms with Crippen LogP contribution in [0.4, 0.5) is 5.82 Å². The van der Waals surface area contributed by atoms with E-state index in [1.54, 1.807) is 6.07 Å². The van der Waals surface area contributed by atoms with Crippen LogP contribution in [0, 0.1) is 12.8 Å². The number of aliphatic hydroxyl groups is 1. The zero-order chi connectivity index (χ0) is 13.1. The highest BCUT2D eigenvalue weighted by atomic mass is 16.4. The molecule has 6 heteroatoms. The third kappa shape index (κ3) is 2.53. The fourth-order valence-corrected chi connectivity index (χ4v) is 2.21. The third-order valence-corrected chi connectivity index (χ3v) is 3.21. The van der Waals surface area contributed by atoms with Crippen molar-refractivity contribution in [1.29, 1.82) is 0 Å². The first-order valence-corrected chi connectivity index (χ1v) is 5.96. The van der Waals surface area contributed by atoms with Gasteiger partial charge in [0.15, 0.2) is 5.84 Å². The van der Waals surface area contributed by atoms with E-state index < -0.39 is 0 Å². The van der Waals surface area contributed by atoms with Crippen molar-refractivity contribution < 1.29 is 10.3 Å². The average Bonchev–Trinajstić information content (AvgIpc) is 2.85. The Labute approximate surface area is 106 Å². The Kier molecular flexibility index (Phi) is 3.66. The maximum Gasteiger partial charge on any atom is 0.170 e. The second-order valence-corrected chi connectivity index (χ2v) is 4.62. The molecule has 1 fully saturated rings. The summed E-state index contributed by atoms with van der Waals surface area (Å²) in [6.07, 6.45) is 0.963. The van der Waals surface area contributed by atoms with Gasteiger partial charge in [0.05, 0.1) is 0 Å². The van der Waals surface area contributed by atoms with Gasteiger partial charge in [0.2, 0.25) is 0 Å². The van der Waals surface area contributed by atoms with Gasteiger partial charge in [-0.05, 0) is 25.5 Å². The van der Waals surface area contributed by atoms with Crippen molar-refractivity contribution in [2.45, 2.75) is 13.3 Å². The molecule has 0 aliphatic carbocycles.